The topological polar surface area (TPSA) is 69.6 Å². The van der Waals surface area contributed by atoms with Crippen molar-refractivity contribution in [2.24, 2.45) is 11.8 Å². The van der Waals surface area contributed by atoms with Crippen LogP contribution < -0.4 is 5.32 Å². The van der Waals surface area contributed by atoms with Crippen LogP contribution >= 0.6 is 0 Å². The summed E-state index contributed by atoms with van der Waals surface area (Å²) < 4.78 is 0. The number of nitrogens with one attached hydrogen (secondary N) is 1. The number of hydrogen-bond acceptors (Lipinski definition) is 2. The minimum Gasteiger partial charge on any atom is -0.480 e. The van der Waals surface area contributed by atoms with Crippen molar-refractivity contribution in [2.45, 2.75) is 45.6 Å². The molecule has 2 N–H and O–H groups in total. The first kappa shape index (κ1) is 16.5. The molecule has 1 heterocycles. The van der Waals surface area contributed by atoms with E-state index in [1.54, 1.807) is 4.90 Å². The molecule has 1 rings (SSSR count). The van der Waals surface area contributed by atoms with Gasteiger partial charge in [-0.15, -0.1) is 6.58 Å². The molecule has 1 aliphatic rings. The molecular weight excluding hydrogens is 256 g/mol. The van der Waals surface area contributed by atoms with Crippen LogP contribution in [-0.4, -0.2) is 41.1 Å². The summed E-state index contributed by atoms with van der Waals surface area (Å²) in [6, 6.07) is -1.16. The van der Waals surface area contributed by atoms with Crippen molar-refractivity contribution in [1.82, 2.24) is 10.2 Å². The standard InChI is InChI=1S/C15H26N2O3/c1-4-6-13(14(18)19)16-15(20)17-9-5-7-12(8-10-17)11(2)3/h4,11-13H,1,5-10H2,2-3H3,(H,16,20)(H,18,19). The molecule has 2 atom stereocenters. The van der Waals surface area contributed by atoms with Gasteiger partial charge in [0, 0.05) is 13.1 Å². The molecule has 5 heteroatoms. The quantitative estimate of drug-likeness (QED) is 0.761. The first-order valence-electron chi connectivity index (χ1n) is 7.34. The van der Waals surface area contributed by atoms with E-state index in [0.29, 0.717) is 24.9 Å². The van der Waals surface area contributed by atoms with Crippen molar-refractivity contribution in [3.05, 3.63) is 12.7 Å². The molecule has 0 aliphatic carbocycles. The fourth-order valence-corrected chi connectivity index (χ4v) is 2.62. The van der Waals surface area contributed by atoms with E-state index in [9.17, 15) is 9.59 Å². The van der Waals surface area contributed by atoms with Gasteiger partial charge in [0.15, 0.2) is 0 Å². The van der Waals surface area contributed by atoms with Crippen molar-refractivity contribution in [3.63, 3.8) is 0 Å². The highest BCUT2D eigenvalue weighted by Gasteiger charge is 2.25. The maximum Gasteiger partial charge on any atom is 0.326 e. The number of rotatable bonds is 5. The number of carbonyl (C=O) groups excluding carboxylic acids is 1. The van der Waals surface area contributed by atoms with Gasteiger partial charge in [0.1, 0.15) is 6.04 Å². The second-order valence-corrected chi connectivity index (χ2v) is 5.79. The summed E-state index contributed by atoms with van der Waals surface area (Å²) in [6.45, 7) is 9.35. The van der Waals surface area contributed by atoms with Crippen LogP contribution in [0.5, 0.6) is 0 Å². The number of carboxylic acid groups (broad SMARTS) is 1. The molecule has 2 amide bonds. The molecule has 0 aromatic rings. The van der Waals surface area contributed by atoms with Gasteiger partial charge in [-0.3, -0.25) is 0 Å². The monoisotopic (exact) mass is 282 g/mol. The number of urea groups is 1. The normalized spacial score (nSPS) is 21.1. The van der Waals surface area contributed by atoms with Crippen LogP contribution in [0.1, 0.15) is 39.5 Å². The number of carboxylic acids is 1. The maximum absolute atomic E-state index is 12.1. The van der Waals surface area contributed by atoms with Gasteiger partial charge in [0.05, 0.1) is 0 Å². The maximum atomic E-state index is 12.1. The summed E-state index contributed by atoms with van der Waals surface area (Å²) >= 11 is 0. The lowest BCUT2D eigenvalue weighted by Crippen LogP contribution is -2.48. The van der Waals surface area contributed by atoms with Gasteiger partial charge < -0.3 is 15.3 Å². The summed E-state index contributed by atoms with van der Waals surface area (Å²) in [7, 11) is 0. The van der Waals surface area contributed by atoms with Gasteiger partial charge >= 0.3 is 12.0 Å². The van der Waals surface area contributed by atoms with E-state index in [2.05, 4.69) is 25.7 Å². The molecule has 0 aromatic carbocycles. The molecule has 114 valence electrons. The average molecular weight is 282 g/mol. The van der Waals surface area contributed by atoms with Crippen molar-refractivity contribution >= 4 is 12.0 Å². The first-order valence-corrected chi connectivity index (χ1v) is 7.34. The molecule has 20 heavy (non-hydrogen) atoms. The highest BCUT2D eigenvalue weighted by Crippen LogP contribution is 2.24. The number of nitrogens with zero attached hydrogens (tertiary/aromatic N) is 1. The Hall–Kier alpha value is -1.52. The minimum atomic E-state index is -1.02. The van der Waals surface area contributed by atoms with Gasteiger partial charge in [-0.2, -0.15) is 0 Å². The van der Waals surface area contributed by atoms with Crippen LogP contribution in [-0.2, 0) is 4.79 Å². The lowest BCUT2D eigenvalue weighted by Gasteiger charge is -2.24. The summed E-state index contributed by atoms with van der Waals surface area (Å²) in [5.74, 6) is 0.259. The third kappa shape index (κ3) is 4.87. The molecule has 1 saturated heterocycles. The van der Waals surface area contributed by atoms with Crippen LogP contribution in [0, 0.1) is 11.8 Å². The second kappa shape index (κ2) is 7.92. The number of hydrogen-bond donors (Lipinski definition) is 2. The molecule has 0 aromatic heterocycles. The molecular formula is C15H26N2O3. The van der Waals surface area contributed by atoms with E-state index >= 15 is 0 Å². The largest absolute Gasteiger partial charge is 0.480 e. The van der Waals surface area contributed by atoms with Crippen molar-refractivity contribution in [1.29, 1.82) is 0 Å². The summed E-state index contributed by atoms with van der Waals surface area (Å²) in [4.78, 5) is 24.9. The lowest BCUT2D eigenvalue weighted by atomic mass is 9.89. The third-order valence-corrected chi connectivity index (χ3v) is 4.00. The molecule has 2 unspecified atom stereocenters. The summed E-state index contributed by atoms with van der Waals surface area (Å²) in [6.07, 6.45) is 4.86. The molecule has 1 aliphatic heterocycles. The number of likely N-dealkylation sites (tertiary alicyclic amines) is 1. The van der Waals surface area contributed by atoms with E-state index in [-0.39, 0.29) is 12.5 Å². The zero-order valence-electron chi connectivity index (χ0n) is 12.5. The number of aliphatic carboxylic acids is 1. The Bertz CT molecular complexity index is 355. The lowest BCUT2D eigenvalue weighted by molar-refractivity contribution is -0.139. The van der Waals surface area contributed by atoms with E-state index in [4.69, 9.17) is 5.11 Å². The van der Waals surface area contributed by atoms with Crippen molar-refractivity contribution in [3.8, 4) is 0 Å². The Kier molecular flexibility index (Phi) is 6.55. The van der Waals surface area contributed by atoms with Crippen LogP contribution in [0.25, 0.3) is 0 Å². The summed E-state index contributed by atoms with van der Waals surface area (Å²) in [5, 5.41) is 11.6. The van der Waals surface area contributed by atoms with Crippen LogP contribution in [0.2, 0.25) is 0 Å². The highest BCUT2D eigenvalue weighted by molar-refractivity contribution is 5.82. The Labute approximate surface area is 121 Å². The van der Waals surface area contributed by atoms with Crippen molar-refractivity contribution < 1.29 is 14.7 Å². The fraction of sp³-hybridized carbons (Fsp3) is 0.733. The predicted molar refractivity (Wildman–Crippen MR) is 78.5 cm³/mol. The number of carbonyl (C=O) groups is 2. The van der Waals surface area contributed by atoms with Crippen LogP contribution in [0.3, 0.4) is 0 Å². The van der Waals surface area contributed by atoms with Crippen molar-refractivity contribution in [2.75, 3.05) is 13.1 Å². The van der Waals surface area contributed by atoms with Crippen LogP contribution in [0.15, 0.2) is 12.7 Å². The first-order chi connectivity index (χ1) is 9.45. The molecule has 1 fully saturated rings. The molecule has 0 spiro atoms. The van der Waals surface area contributed by atoms with Gasteiger partial charge in [0.2, 0.25) is 0 Å². The predicted octanol–water partition coefficient (Wildman–Crippen LogP) is 2.48. The summed E-state index contributed by atoms with van der Waals surface area (Å²) in [5.41, 5.74) is 0. The highest BCUT2D eigenvalue weighted by atomic mass is 16.4. The zero-order chi connectivity index (χ0) is 15.1. The fourth-order valence-electron chi connectivity index (χ4n) is 2.62. The molecule has 0 radical (unpaired) electrons. The Balaban J connectivity index is 2.54. The second-order valence-electron chi connectivity index (χ2n) is 5.79. The zero-order valence-corrected chi connectivity index (χ0v) is 12.5. The number of amides is 2. The van der Waals surface area contributed by atoms with E-state index < -0.39 is 12.0 Å². The van der Waals surface area contributed by atoms with E-state index in [0.717, 1.165) is 19.3 Å². The Morgan fingerprint density at radius 3 is 2.65 bits per heavy atom. The van der Waals surface area contributed by atoms with Gasteiger partial charge in [-0.25, -0.2) is 9.59 Å². The van der Waals surface area contributed by atoms with E-state index in [1.807, 2.05) is 0 Å². The Morgan fingerprint density at radius 2 is 2.10 bits per heavy atom. The smallest absolute Gasteiger partial charge is 0.326 e. The SMILES string of the molecule is C=CCC(NC(=O)N1CCCC(C(C)C)CC1)C(=O)O. The Morgan fingerprint density at radius 1 is 1.40 bits per heavy atom. The van der Waals surface area contributed by atoms with Crippen LogP contribution in [0.4, 0.5) is 4.79 Å². The third-order valence-electron chi connectivity index (χ3n) is 4.00. The molecule has 0 saturated carbocycles. The molecule has 5 nitrogen and oxygen atoms in total. The average Bonchev–Trinajstić information content (AvgIpc) is 2.63. The van der Waals surface area contributed by atoms with Gasteiger partial charge in [0.25, 0.3) is 0 Å². The van der Waals surface area contributed by atoms with E-state index in [1.165, 1.54) is 6.08 Å². The minimum absolute atomic E-state index is 0.240. The van der Waals surface area contributed by atoms with Gasteiger partial charge in [-0.1, -0.05) is 19.9 Å². The van der Waals surface area contributed by atoms with Gasteiger partial charge in [-0.05, 0) is 37.5 Å². The molecule has 0 bridgehead atoms.